The number of benzene rings is 3. The molecule has 0 bridgehead atoms. The fourth-order valence-electron chi connectivity index (χ4n) is 5.14. The first kappa shape index (κ1) is 26.9. The van der Waals surface area contributed by atoms with Gasteiger partial charge in [0.15, 0.2) is 23.0 Å². The molecule has 0 saturated carbocycles. The van der Waals surface area contributed by atoms with Gasteiger partial charge in [0.25, 0.3) is 0 Å². The summed E-state index contributed by atoms with van der Waals surface area (Å²) in [6.45, 7) is 0.605. The second-order valence-electron chi connectivity index (χ2n) is 9.36. The summed E-state index contributed by atoms with van der Waals surface area (Å²) in [5, 5.41) is 0.675. The zero-order chi connectivity index (χ0) is 28.2. The highest BCUT2D eigenvalue weighted by Gasteiger charge is 2.33. The lowest BCUT2D eigenvalue weighted by Crippen LogP contribution is -2.43. The van der Waals surface area contributed by atoms with E-state index < -0.39 is 11.7 Å². The maximum atomic E-state index is 13.8. The van der Waals surface area contributed by atoms with Crippen LogP contribution in [0.25, 0.3) is 11.0 Å². The third-order valence-corrected chi connectivity index (χ3v) is 7.14. The summed E-state index contributed by atoms with van der Waals surface area (Å²) in [5.41, 5.74) is 2.66. The molecule has 0 saturated heterocycles. The number of carbonyl (C=O) groups excluding carboxylic acids is 1. The quantitative estimate of drug-likeness (QED) is 0.282. The van der Waals surface area contributed by atoms with Gasteiger partial charge in [0.2, 0.25) is 5.91 Å². The van der Waals surface area contributed by atoms with E-state index >= 15 is 0 Å². The Labute approximate surface area is 231 Å². The van der Waals surface area contributed by atoms with Gasteiger partial charge in [-0.2, -0.15) is 0 Å². The maximum Gasteiger partial charge on any atom is 0.339 e. The van der Waals surface area contributed by atoms with Crippen molar-refractivity contribution in [2.24, 2.45) is 0 Å². The van der Waals surface area contributed by atoms with Crippen LogP contribution in [0.5, 0.6) is 28.7 Å². The van der Waals surface area contributed by atoms with Crippen molar-refractivity contribution in [3.05, 3.63) is 87.8 Å². The van der Waals surface area contributed by atoms with Gasteiger partial charge in [-0.25, -0.2) is 4.79 Å². The molecule has 9 heteroatoms. The Kier molecular flexibility index (Phi) is 7.82. The molecule has 2 heterocycles. The monoisotopic (exact) mass is 545 g/mol. The first-order valence-electron chi connectivity index (χ1n) is 12.9. The van der Waals surface area contributed by atoms with E-state index in [2.05, 4.69) is 0 Å². The smallest absolute Gasteiger partial charge is 0.339 e. The maximum absolute atomic E-state index is 13.8. The Morgan fingerprint density at radius 3 is 2.30 bits per heavy atom. The molecule has 5 rings (SSSR count). The molecule has 0 radical (unpaired) electrons. The fraction of sp³-hybridized carbons (Fsp3) is 0.290. The van der Waals surface area contributed by atoms with E-state index in [1.54, 1.807) is 46.6 Å². The van der Waals surface area contributed by atoms with Crippen molar-refractivity contribution >= 4 is 16.9 Å². The molecule has 0 aliphatic carbocycles. The van der Waals surface area contributed by atoms with Gasteiger partial charge in [0.1, 0.15) is 17.9 Å². The lowest BCUT2D eigenvalue weighted by atomic mass is 9.91. The second-order valence-corrected chi connectivity index (χ2v) is 9.36. The Morgan fingerprint density at radius 1 is 0.850 bits per heavy atom. The largest absolute Gasteiger partial charge is 0.493 e. The summed E-state index contributed by atoms with van der Waals surface area (Å²) in [6.07, 6.45) is 0.805. The van der Waals surface area contributed by atoms with Crippen LogP contribution in [0.3, 0.4) is 0 Å². The molecule has 0 spiro atoms. The number of hydrogen-bond donors (Lipinski definition) is 0. The van der Waals surface area contributed by atoms with Gasteiger partial charge >= 0.3 is 5.63 Å². The standard InChI is InChI=1S/C31H31NO8/c1-35-25-10-9-19(13-27(25)36-2)14-30(33)32-12-11-20-15-28(37-3)29(38-4)16-22(20)23(32)18-39-26-17-31(34)40-24-8-6-5-7-21(24)26/h5-10,13,15-17,23H,11-12,14,18H2,1-4H3. The number of fused-ring (bicyclic) bond motifs is 2. The number of ether oxygens (including phenoxy) is 5. The number of hydrogen-bond acceptors (Lipinski definition) is 8. The lowest BCUT2D eigenvalue weighted by Gasteiger charge is -2.38. The highest BCUT2D eigenvalue weighted by molar-refractivity contribution is 5.83. The zero-order valence-electron chi connectivity index (χ0n) is 22.9. The van der Waals surface area contributed by atoms with Crippen LogP contribution in [-0.2, 0) is 17.6 Å². The van der Waals surface area contributed by atoms with Gasteiger partial charge in [-0.15, -0.1) is 0 Å². The average Bonchev–Trinajstić information content (AvgIpc) is 2.98. The predicted octanol–water partition coefficient (Wildman–Crippen LogP) is 4.57. The number of rotatable bonds is 9. The van der Waals surface area contributed by atoms with Gasteiger partial charge < -0.3 is 33.0 Å². The lowest BCUT2D eigenvalue weighted by molar-refractivity contribution is -0.134. The Bertz CT molecular complexity index is 1590. The molecule has 1 aliphatic rings. The Balaban J connectivity index is 1.49. The molecular weight excluding hydrogens is 514 g/mol. The third-order valence-electron chi connectivity index (χ3n) is 7.14. The summed E-state index contributed by atoms with van der Waals surface area (Å²) in [5.74, 6) is 2.66. The van der Waals surface area contributed by atoms with Crippen molar-refractivity contribution in [2.75, 3.05) is 41.6 Å². The molecule has 0 fully saturated rings. The first-order chi connectivity index (χ1) is 19.4. The van der Waals surface area contributed by atoms with E-state index in [0.717, 1.165) is 16.7 Å². The van der Waals surface area contributed by atoms with Gasteiger partial charge in [-0.05, 0) is 59.5 Å². The van der Waals surface area contributed by atoms with Gasteiger partial charge in [-0.1, -0.05) is 18.2 Å². The number of para-hydroxylation sites is 1. The van der Waals surface area contributed by atoms with Crippen molar-refractivity contribution in [3.8, 4) is 28.7 Å². The molecule has 4 aromatic rings. The minimum Gasteiger partial charge on any atom is -0.493 e. The number of amides is 1. The third kappa shape index (κ3) is 5.27. The molecule has 1 amide bonds. The van der Waals surface area contributed by atoms with Crippen LogP contribution in [0.1, 0.15) is 22.7 Å². The van der Waals surface area contributed by atoms with Crippen molar-refractivity contribution < 1.29 is 32.9 Å². The van der Waals surface area contributed by atoms with Crippen LogP contribution in [-0.4, -0.2) is 52.4 Å². The molecule has 40 heavy (non-hydrogen) atoms. The molecule has 1 aliphatic heterocycles. The first-order valence-corrected chi connectivity index (χ1v) is 12.9. The molecule has 0 N–H and O–H groups in total. The molecule has 9 nitrogen and oxygen atoms in total. The van der Waals surface area contributed by atoms with Gasteiger partial charge in [0.05, 0.1) is 52.4 Å². The second kappa shape index (κ2) is 11.6. The highest BCUT2D eigenvalue weighted by Crippen LogP contribution is 2.39. The van der Waals surface area contributed by atoms with E-state index in [-0.39, 0.29) is 18.9 Å². The van der Waals surface area contributed by atoms with Crippen LogP contribution in [0.2, 0.25) is 0 Å². The number of methoxy groups -OCH3 is 4. The number of nitrogens with zero attached hydrogens (tertiary/aromatic N) is 1. The predicted molar refractivity (Wildman–Crippen MR) is 149 cm³/mol. The zero-order valence-corrected chi connectivity index (χ0v) is 22.9. The van der Waals surface area contributed by atoms with Crippen LogP contribution < -0.4 is 29.3 Å². The normalized spacial score (nSPS) is 14.4. The Hall–Kier alpha value is -4.66. The van der Waals surface area contributed by atoms with Crippen molar-refractivity contribution in [1.29, 1.82) is 0 Å². The molecular formula is C31H31NO8. The Morgan fingerprint density at radius 2 is 1.55 bits per heavy atom. The minimum atomic E-state index is -0.509. The fourth-order valence-corrected chi connectivity index (χ4v) is 5.14. The van der Waals surface area contributed by atoms with Crippen LogP contribution in [0.4, 0.5) is 0 Å². The minimum absolute atomic E-state index is 0.0707. The number of carbonyl (C=O) groups is 1. The van der Waals surface area contributed by atoms with Crippen LogP contribution in [0.15, 0.2) is 69.9 Å². The van der Waals surface area contributed by atoms with E-state index in [4.69, 9.17) is 28.1 Å². The van der Waals surface area contributed by atoms with Gasteiger partial charge in [-0.3, -0.25) is 4.79 Å². The van der Waals surface area contributed by atoms with Gasteiger partial charge in [0, 0.05) is 6.54 Å². The van der Waals surface area contributed by atoms with E-state index in [1.165, 1.54) is 6.07 Å². The SMILES string of the molecule is COc1ccc(CC(=O)N2CCc3cc(OC)c(OC)cc3C2COc2cc(=O)oc3ccccc23)cc1OC. The molecule has 1 atom stereocenters. The molecule has 1 aromatic heterocycles. The molecule has 208 valence electrons. The summed E-state index contributed by atoms with van der Waals surface area (Å²) in [4.78, 5) is 27.8. The highest BCUT2D eigenvalue weighted by atomic mass is 16.5. The summed E-state index contributed by atoms with van der Waals surface area (Å²) >= 11 is 0. The van der Waals surface area contributed by atoms with Crippen molar-refractivity contribution in [2.45, 2.75) is 18.9 Å². The van der Waals surface area contributed by atoms with Crippen LogP contribution in [0, 0.1) is 0 Å². The van der Waals surface area contributed by atoms with E-state index in [1.807, 2.05) is 41.3 Å². The summed E-state index contributed by atoms with van der Waals surface area (Å²) in [7, 11) is 6.31. The summed E-state index contributed by atoms with van der Waals surface area (Å²) < 4.78 is 33.4. The summed E-state index contributed by atoms with van der Waals surface area (Å²) in [6, 6.07) is 17.4. The van der Waals surface area contributed by atoms with Crippen molar-refractivity contribution in [1.82, 2.24) is 4.90 Å². The topological polar surface area (TPSA) is 96.7 Å². The van der Waals surface area contributed by atoms with E-state index in [9.17, 15) is 9.59 Å². The van der Waals surface area contributed by atoms with Crippen LogP contribution >= 0.6 is 0 Å². The molecule has 3 aromatic carbocycles. The van der Waals surface area contributed by atoms with E-state index in [0.29, 0.717) is 52.7 Å². The van der Waals surface area contributed by atoms with Crippen molar-refractivity contribution in [3.63, 3.8) is 0 Å². The average molecular weight is 546 g/mol. The molecule has 1 unspecified atom stereocenters.